The summed E-state index contributed by atoms with van der Waals surface area (Å²) in [4.78, 5) is 12.4. The van der Waals surface area contributed by atoms with Crippen molar-refractivity contribution in [3.8, 4) is 0 Å². The SMILES string of the molecule is CC1CCc2onc(C(=O)NC3CCCCCC3)c2C1. The lowest BCUT2D eigenvalue weighted by Crippen LogP contribution is -2.35. The van der Waals surface area contributed by atoms with Crippen molar-refractivity contribution in [1.29, 1.82) is 0 Å². The first-order valence-electron chi connectivity index (χ1n) is 8.02. The van der Waals surface area contributed by atoms with E-state index >= 15 is 0 Å². The molecule has 4 heteroatoms. The summed E-state index contributed by atoms with van der Waals surface area (Å²) in [5.74, 6) is 1.51. The third-order valence-corrected chi connectivity index (χ3v) is 4.69. The van der Waals surface area contributed by atoms with E-state index in [0.29, 0.717) is 17.7 Å². The highest BCUT2D eigenvalue weighted by atomic mass is 16.5. The van der Waals surface area contributed by atoms with E-state index in [4.69, 9.17) is 4.52 Å². The summed E-state index contributed by atoms with van der Waals surface area (Å²) >= 11 is 0. The van der Waals surface area contributed by atoms with Crippen molar-refractivity contribution in [2.45, 2.75) is 70.8 Å². The van der Waals surface area contributed by atoms with Crippen LogP contribution in [0.5, 0.6) is 0 Å². The summed E-state index contributed by atoms with van der Waals surface area (Å²) in [6, 6.07) is 0.318. The summed E-state index contributed by atoms with van der Waals surface area (Å²) in [7, 11) is 0. The second-order valence-electron chi connectivity index (χ2n) is 6.44. The molecule has 0 saturated heterocycles. The van der Waals surface area contributed by atoms with Crippen molar-refractivity contribution in [2.24, 2.45) is 5.92 Å². The molecule has 3 rings (SSSR count). The molecule has 1 saturated carbocycles. The van der Waals surface area contributed by atoms with E-state index in [9.17, 15) is 4.79 Å². The number of aromatic nitrogens is 1. The number of carbonyl (C=O) groups is 1. The fraction of sp³-hybridized carbons (Fsp3) is 0.750. The van der Waals surface area contributed by atoms with Gasteiger partial charge in [-0.05, 0) is 31.6 Å². The van der Waals surface area contributed by atoms with E-state index in [2.05, 4.69) is 17.4 Å². The molecule has 0 spiro atoms. The predicted octanol–water partition coefficient (Wildman–Crippen LogP) is 3.25. The van der Waals surface area contributed by atoms with Crippen LogP contribution in [0.2, 0.25) is 0 Å². The first-order chi connectivity index (χ1) is 9.74. The largest absolute Gasteiger partial charge is 0.360 e. The Labute approximate surface area is 120 Å². The van der Waals surface area contributed by atoms with Gasteiger partial charge in [0.15, 0.2) is 5.69 Å². The lowest BCUT2D eigenvalue weighted by Gasteiger charge is -2.18. The Morgan fingerprint density at radius 2 is 1.95 bits per heavy atom. The van der Waals surface area contributed by atoms with Crippen LogP contribution in [-0.2, 0) is 12.8 Å². The molecule has 20 heavy (non-hydrogen) atoms. The first-order valence-corrected chi connectivity index (χ1v) is 8.02. The van der Waals surface area contributed by atoms with Crippen LogP contribution in [0.1, 0.15) is 73.7 Å². The van der Waals surface area contributed by atoms with E-state index in [0.717, 1.165) is 43.4 Å². The quantitative estimate of drug-likeness (QED) is 0.844. The van der Waals surface area contributed by atoms with E-state index in [1.54, 1.807) is 0 Å². The van der Waals surface area contributed by atoms with Crippen LogP contribution in [-0.4, -0.2) is 17.1 Å². The number of amides is 1. The second kappa shape index (κ2) is 5.98. The van der Waals surface area contributed by atoms with Gasteiger partial charge in [-0.3, -0.25) is 4.79 Å². The molecule has 1 unspecified atom stereocenters. The maximum Gasteiger partial charge on any atom is 0.273 e. The highest BCUT2D eigenvalue weighted by Gasteiger charge is 2.28. The summed E-state index contributed by atoms with van der Waals surface area (Å²) in [5, 5.41) is 7.20. The zero-order valence-electron chi connectivity index (χ0n) is 12.3. The molecule has 1 aromatic heterocycles. The normalized spacial score (nSPS) is 23.9. The molecule has 0 radical (unpaired) electrons. The van der Waals surface area contributed by atoms with Crippen molar-refractivity contribution < 1.29 is 9.32 Å². The second-order valence-corrected chi connectivity index (χ2v) is 6.44. The van der Waals surface area contributed by atoms with Crippen molar-refractivity contribution in [1.82, 2.24) is 10.5 Å². The standard InChI is InChI=1S/C16H24N2O2/c1-11-8-9-14-13(10-11)15(18-20-14)16(19)17-12-6-4-2-3-5-7-12/h11-12H,2-10H2,1H3,(H,17,19). The maximum atomic E-state index is 12.4. The van der Waals surface area contributed by atoms with Crippen molar-refractivity contribution in [2.75, 3.05) is 0 Å². The molecule has 1 amide bonds. The van der Waals surface area contributed by atoms with Gasteiger partial charge in [0.05, 0.1) is 0 Å². The van der Waals surface area contributed by atoms with Gasteiger partial charge < -0.3 is 9.84 Å². The van der Waals surface area contributed by atoms with Crippen molar-refractivity contribution >= 4 is 5.91 Å². The van der Waals surface area contributed by atoms with Crippen LogP contribution in [0.15, 0.2) is 4.52 Å². The van der Waals surface area contributed by atoms with Gasteiger partial charge in [-0.2, -0.15) is 0 Å². The Bertz CT molecular complexity index is 473. The number of carbonyl (C=O) groups excluding carboxylic acids is 1. The average Bonchev–Trinajstić information content (AvgIpc) is 2.67. The maximum absolute atomic E-state index is 12.4. The molecular formula is C16H24N2O2. The molecule has 1 heterocycles. The zero-order valence-corrected chi connectivity index (χ0v) is 12.3. The number of nitrogens with zero attached hydrogens (tertiary/aromatic N) is 1. The van der Waals surface area contributed by atoms with Gasteiger partial charge in [0, 0.05) is 18.0 Å². The fourth-order valence-electron chi connectivity index (χ4n) is 3.43. The minimum Gasteiger partial charge on any atom is -0.360 e. The lowest BCUT2D eigenvalue weighted by molar-refractivity contribution is 0.0923. The summed E-state index contributed by atoms with van der Waals surface area (Å²) < 4.78 is 5.36. The molecule has 1 aromatic rings. The Kier molecular flexibility index (Phi) is 4.08. The van der Waals surface area contributed by atoms with Crippen LogP contribution >= 0.6 is 0 Å². The van der Waals surface area contributed by atoms with Gasteiger partial charge in [-0.15, -0.1) is 0 Å². The predicted molar refractivity (Wildman–Crippen MR) is 76.6 cm³/mol. The van der Waals surface area contributed by atoms with E-state index in [1.807, 2.05) is 0 Å². The highest BCUT2D eigenvalue weighted by Crippen LogP contribution is 2.28. The average molecular weight is 276 g/mol. The number of hydrogen-bond acceptors (Lipinski definition) is 3. The van der Waals surface area contributed by atoms with Crippen LogP contribution in [0.3, 0.4) is 0 Å². The molecule has 0 bridgehead atoms. The number of nitrogens with one attached hydrogen (secondary N) is 1. The third-order valence-electron chi connectivity index (χ3n) is 4.69. The highest BCUT2D eigenvalue weighted by molar-refractivity contribution is 5.94. The summed E-state index contributed by atoms with van der Waals surface area (Å²) in [5.41, 5.74) is 1.59. The minimum absolute atomic E-state index is 0.0315. The van der Waals surface area contributed by atoms with Crippen LogP contribution in [0.25, 0.3) is 0 Å². The van der Waals surface area contributed by atoms with Gasteiger partial charge in [-0.25, -0.2) is 0 Å². The number of hydrogen-bond donors (Lipinski definition) is 1. The molecular weight excluding hydrogens is 252 g/mol. The van der Waals surface area contributed by atoms with Crippen LogP contribution in [0, 0.1) is 5.92 Å². The topological polar surface area (TPSA) is 55.1 Å². The van der Waals surface area contributed by atoms with Gasteiger partial charge in [0.1, 0.15) is 5.76 Å². The van der Waals surface area contributed by atoms with Crippen LogP contribution in [0.4, 0.5) is 0 Å². The van der Waals surface area contributed by atoms with E-state index < -0.39 is 0 Å². The first kappa shape index (κ1) is 13.7. The van der Waals surface area contributed by atoms with Gasteiger partial charge in [-0.1, -0.05) is 37.8 Å². The van der Waals surface area contributed by atoms with Gasteiger partial charge >= 0.3 is 0 Å². The van der Waals surface area contributed by atoms with E-state index in [1.165, 1.54) is 25.7 Å². The molecule has 2 aliphatic rings. The molecule has 1 atom stereocenters. The number of fused-ring (bicyclic) bond motifs is 1. The molecule has 0 aromatic carbocycles. The Morgan fingerprint density at radius 3 is 2.70 bits per heavy atom. The molecule has 1 fully saturated rings. The number of rotatable bonds is 2. The minimum atomic E-state index is -0.0315. The van der Waals surface area contributed by atoms with Crippen LogP contribution < -0.4 is 5.32 Å². The summed E-state index contributed by atoms with van der Waals surface area (Å²) in [6.07, 6.45) is 10.2. The van der Waals surface area contributed by atoms with Crippen molar-refractivity contribution in [3.63, 3.8) is 0 Å². The molecule has 2 aliphatic carbocycles. The third kappa shape index (κ3) is 2.89. The summed E-state index contributed by atoms with van der Waals surface area (Å²) in [6.45, 7) is 2.23. The monoisotopic (exact) mass is 276 g/mol. The zero-order chi connectivity index (χ0) is 13.9. The Balaban J connectivity index is 1.69. The number of aryl methyl sites for hydroxylation is 1. The Hall–Kier alpha value is -1.32. The molecule has 4 nitrogen and oxygen atoms in total. The Morgan fingerprint density at radius 1 is 1.20 bits per heavy atom. The van der Waals surface area contributed by atoms with Crippen molar-refractivity contribution in [3.05, 3.63) is 17.0 Å². The molecule has 0 aliphatic heterocycles. The van der Waals surface area contributed by atoms with E-state index in [-0.39, 0.29) is 5.91 Å². The van der Waals surface area contributed by atoms with Gasteiger partial charge in [0.25, 0.3) is 5.91 Å². The lowest BCUT2D eigenvalue weighted by atomic mass is 9.88. The smallest absolute Gasteiger partial charge is 0.273 e. The molecule has 110 valence electrons. The molecule has 1 N–H and O–H groups in total. The fourth-order valence-corrected chi connectivity index (χ4v) is 3.43. The van der Waals surface area contributed by atoms with Gasteiger partial charge in [0.2, 0.25) is 0 Å².